The summed E-state index contributed by atoms with van der Waals surface area (Å²) in [5.74, 6) is -0.188. The van der Waals surface area contributed by atoms with Crippen LogP contribution in [0, 0.1) is 0 Å². The summed E-state index contributed by atoms with van der Waals surface area (Å²) in [6, 6.07) is 5.50. The minimum atomic E-state index is -0.301. The minimum absolute atomic E-state index is 0.113. The number of rotatable bonds is 3. The maximum Gasteiger partial charge on any atom is 0.339 e. The van der Waals surface area contributed by atoms with E-state index in [0.29, 0.717) is 18.4 Å². The second-order valence-electron chi connectivity index (χ2n) is 3.87. The summed E-state index contributed by atoms with van der Waals surface area (Å²) >= 11 is 3.31. The average Bonchev–Trinajstić information content (AvgIpc) is 2.53. The molecule has 0 aliphatic carbocycles. The lowest BCUT2D eigenvalue weighted by atomic mass is 10.0. The third kappa shape index (κ3) is 2.16. The summed E-state index contributed by atoms with van der Waals surface area (Å²) in [4.78, 5) is 22.4. The Kier molecular flexibility index (Phi) is 3.10. The normalized spacial score (nSPS) is 18.1. The first kappa shape index (κ1) is 11.3. The van der Waals surface area contributed by atoms with Crippen molar-refractivity contribution in [2.75, 3.05) is 0 Å². The van der Waals surface area contributed by atoms with Gasteiger partial charge in [-0.3, -0.25) is 0 Å². The highest BCUT2D eigenvalue weighted by molar-refractivity contribution is 9.10. The van der Waals surface area contributed by atoms with Gasteiger partial charge in [0.2, 0.25) is 0 Å². The van der Waals surface area contributed by atoms with Crippen molar-refractivity contribution >= 4 is 27.7 Å². The number of carbonyl (C=O) groups excluding carboxylic acids is 2. The van der Waals surface area contributed by atoms with E-state index in [1.807, 2.05) is 12.1 Å². The van der Waals surface area contributed by atoms with Gasteiger partial charge in [-0.15, -0.1) is 0 Å². The summed E-state index contributed by atoms with van der Waals surface area (Å²) in [7, 11) is 0. The van der Waals surface area contributed by atoms with Crippen LogP contribution in [0.5, 0.6) is 0 Å². The van der Waals surface area contributed by atoms with E-state index in [1.165, 1.54) is 0 Å². The van der Waals surface area contributed by atoms with E-state index < -0.39 is 0 Å². The van der Waals surface area contributed by atoms with Crippen LogP contribution in [0.2, 0.25) is 0 Å². The van der Waals surface area contributed by atoms with Gasteiger partial charge < -0.3 is 9.53 Å². The van der Waals surface area contributed by atoms with Crippen molar-refractivity contribution in [2.45, 2.75) is 25.9 Å². The highest BCUT2D eigenvalue weighted by Crippen LogP contribution is 2.35. The number of Topliss-reactive ketones (excluding diaryl/α,β-unsaturated/α-hetero) is 1. The molecule has 1 unspecified atom stereocenters. The van der Waals surface area contributed by atoms with Gasteiger partial charge in [-0.1, -0.05) is 22.0 Å². The van der Waals surface area contributed by atoms with Gasteiger partial charge in [0.25, 0.3) is 0 Å². The van der Waals surface area contributed by atoms with Crippen LogP contribution < -0.4 is 0 Å². The standard InChI is InChI=1S/C12H11BrO3/c1-7(14)2-5-11-9-4-3-8(13)6-10(9)12(15)16-11/h3-4,6,11H,2,5H2,1H3. The van der Waals surface area contributed by atoms with Crippen LogP contribution in [0.25, 0.3) is 0 Å². The van der Waals surface area contributed by atoms with Gasteiger partial charge in [0.15, 0.2) is 0 Å². The van der Waals surface area contributed by atoms with Gasteiger partial charge >= 0.3 is 5.97 Å². The number of cyclic esters (lactones) is 1. The first-order valence-corrected chi connectivity index (χ1v) is 5.87. The molecule has 1 atom stereocenters. The number of hydrogen-bond donors (Lipinski definition) is 0. The lowest BCUT2D eigenvalue weighted by molar-refractivity contribution is -0.117. The van der Waals surface area contributed by atoms with E-state index in [1.54, 1.807) is 13.0 Å². The molecule has 2 rings (SSSR count). The molecule has 1 heterocycles. The molecule has 0 fully saturated rings. The van der Waals surface area contributed by atoms with E-state index >= 15 is 0 Å². The van der Waals surface area contributed by atoms with Crippen LogP contribution in [0.4, 0.5) is 0 Å². The fourth-order valence-corrected chi connectivity index (χ4v) is 2.15. The molecule has 0 amide bonds. The zero-order valence-electron chi connectivity index (χ0n) is 8.83. The van der Waals surface area contributed by atoms with Crippen LogP contribution in [0.1, 0.15) is 41.8 Å². The Morgan fingerprint density at radius 2 is 2.25 bits per heavy atom. The molecular formula is C12H11BrO3. The molecule has 4 heteroatoms. The Balaban J connectivity index is 2.22. The van der Waals surface area contributed by atoms with Gasteiger partial charge in [-0.2, -0.15) is 0 Å². The number of carbonyl (C=O) groups is 2. The molecule has 1 aliphatic heterocycles. The van der Waals surface area contributed by atoms with Gasteiger partial charge in [0.1, 0.15) is 11.9 Å². The van der Waals surface area contributed by atoms with Gasteiger partial charge in [-0.05, 0) is 25.5 Å². The van der Waals surface area contributed by atoms with E-state index in [4.69, 9.17) is 4.74 Å². The number of esters is 1. The summed E-state index contributed by atoms with van der Waals surface area (Å²) in [6.45, 7) is 1.54. The highest BCUT2D eigenvalue weighted by atomic mass is 79.9. The fourth-order valence-electron chi connectivity index (χ4n) is 1.79. The summed E-state index contributed by atoms with van der Waals surface area (Å²) in [5, 5.41) is 0. The Labute approximate surface area is 102 Å². The summed E-state index contributed by atoms with van der Waals surface area (Å²) in [5.41, 5.74) is 1.48. The van der Waals surface area contributed by atoms with Gasteiger partial charge in [0, 0.05) is 16.5 Å². The number of benzene rings is 1. The molecule has 0 aromatic heterocycles. The zero-order chi connectivity index (χ0) is 11.7. The van der Waals surface area contributed by atoms with E-state index in [0.717, 1.165) is 10.0 Å². The third-order valence-electron chi connectivity index (χ3n) is 2.59. The SMILES string of the molecule is CC(=O)CCC1OC(=O)c2cc(Br)ccc21. The van der Waals surface area contributed by atoms with Crippen molar-refractivity contribution in [1.82, 2.24) is 0 Å². The predicted octanol–water partition coefficient (Wildman–Crippen LogP) is 3.03. The van der Waals surface area contributed by atoms with Crippen molar-refractivity contribution in [3.63, 3.8) is 0 Å². The maximum absolute atomic E-state index is 11.5. The highest BCUT2D eigenvalue weighted by Gasteiger charge is 2.30. The molecule has 0 radical (unpaired) electrons. The first-order chi connectivity index (χ1) is 7.58. The molecular weight excluding hydrogens is 272 g/mol. The van der Waals surface area contributed by atoms with Crippen molar-refractivity contribution in [2.24, 2.45) is 0 Å². The molecule has 0 bridgehead atoms. The molecule has 3 nitrogen and oxygen atoms in total. The van der Waals surface area contributed by atoms with E-state index in [2.05, 4.69) is 15.9 Å². The van der Waals surface area contributed by atoms with Crippen LogP contribution in [0.15, 0.2) is 22.7 Å². The summed E-state index contributed by atoms with van der Waals surface area (Å²) in [6.07, 6.45) is 0.739. The molecule has 1 aromatic rings. The van der Waals surface area contributed by atoms with Crippen LogP contribution in [-0.4, -0.2) is 11.8 Å². The molecule has 16 heavy (non-hydrogen) atoms. The Bertz CT molecular complexity index is 454. The number of fused-ring (bicyclic) bond motifs is 1. The Morgan fingerprint density at radius 1 is 1.50 bits per heavy atom. The van der Waals surface area contributed by atoms with Gasteiger partial charge in [-0.25, -0.2) is 4.79 Å². The summed E-state index contributed by atoms with van der Waals surface area (Å²) < 4.78 is 6.08. The minimum Gasteiger partial charge on any atom is -0.454 e. The second-order valence-corrected chi connectivity index (χ2v) is 4.78. The van der Waals surface area contributed by atoms with E-state index in [9.17, 15) is 9.59 Å². The average molecular weight is 283 g/mol. The zero-order valence-corrected chi connectivity index (χ0v) is 10.4. The second kappa shape index (κ2) is 4.37. The number of ether oxygens (including phenoxy) is 1. The largest absolute Gasteiger partial charge is 0.454 e. The number of ketones is 1. The molecule has 1 aromatic carbocycles. The fraction of sp³-hybridized carbons (Fsp3) is 0.333. The lowest BCUT2D eigenvalue weighted by Crippen LogP contribution is -2.01. The number of halogens is 1. The van der Waals surface area contributed by atoms with Crippen molar-refractivity contribution < 1.29 is 14.3 Å². The molecule has 0 saturated carbocycles. The molecule has 1 aliphatic rings. The molecule has 0 saturated heterocycles. The lowest BCUT2D eigenvalue weighted by Gasteiger charge is -2.08. The van der Waals surface area contributed by atoms with Crippen molar-refractivity contribution in [3.8, 4) is 0 Å². The topological polar surface area (TPSA) is 43.4 Å². The Hall–Kier alpha value is -1.16. The monoisotopic (exact) mass is 282 g/mol. The quantitative estimate of drug-likeness (QED) is 0.801. The van der Waals surface area contributed by atoms with Gasteiger partial charge in [0.05, 0.1) is 5.56 Å². The molecule has 84 valence electrons. The predicted molar refractivity (Wildman–Crippen MR) is 62.2 cm³/mol. The molecule has 0 N–H and O–H groups in total. The van der Waals surface area contributed by atoms with Crippen LogP contribution in [-0.2, 0) is 9.53 Å². The first-order valence-electron chi connectivity index (χ1n) is 5.08. The van der Waals surface area contributed by atoms with Crippen molar-refractivity contribution in [3.05, 3.63) is 33.8 Å². The number of hydrogen-bond acceptors (Lipinski definition) is 3. The van der Waals surface area contributed by atoms with Crippen LogP contribution >= 0.6 is 15.9 Å². The third-order valence-corrected chi connectivity index (χ3v) is 3.08. The molecule has 0 spiro atoms. The maximum atomic E-state index is 11.5. The smallest absolute Gasteiger partial charge is 0.339 e. The van der Waals surface area contributed by atoms with Crippen molar-refractivity contribution in [1.29, 1.82) is 0 Å². The van der Waals surface area contributed by atoms with Crippen LogP contribution in [0.3, 0.4) is 0 Å². The Morgan fingerprint density at radius 3 is 2.94 bits per heavy atom. The van der Waals surface area contributed by atoms with E-state index in [-0.39, 0.29) is 17.9 Å².